The first kappa shape index (κ1) is 17.8. The average Bonchev–Trinajstić information content (AvgIpc) is 2.52. The standard InChI is InChI=1S/C16H27N3OS/c1-3-9-18-15-13-17-11-8-14(15)16(20)19-10-6-4-5-7-12-21-2/h8,11,13,18H,3-7,9-10,12H2,1-2H3,(H,19,20). The van der Waals surface area contributed by atoms with Crippen LogP contribution in [0.1, 0.15) is 49.4 Å². The van der Waals surface area contributed by atoms with Crippen LogP contribution in [0, 0.1) is 0 Å². The van der Waals surface area contributed by atoms with Gasteiger partial charge in [0.25, 0.3) is 5.91 Å². The first-order chi connectivity index (χ1) is 10.3. The molecule has 21 heavy (non-hydrogen) atoms. The van der Waals surface area contributed by atoms with E-state index in [0.29, 0.717) is 5.56 Å². The number of hydrogen-bond acceptors (Lipinski definition) is 4. The predicted octanol–water partition coefficient (Wildman–Crippen LogP) is 3.56. The van der Waals surface area contributed by atoms with Crippen LogP contribution in [-0.4, -0.2) is 36.0 Å². The van der Waals surface area contributed by atoms with Crippen molar-refractivity contribution in [1.29, 1.82) is 0 Å². The largest absolute Gasteiger partial charge is 0.383 e. The number of aromatic nitrogens is 1. The molecule has 0 saturated carbocycles. The fourth-order valence-electron chi connectivity index (χ4n) is 2.02. The summed E-state index contributed by atoms with van der Waals surface area (Å²) in [5.41, 5.74) is 1.50. The summed E-state index contributed by atoms with van der Waals surface area (Å²) < 4.78 is 0. The van der Waals surface area contributed by atoms with Gasteiger partial charge in [0.05, 0.1) is 17.4 Å². The highest BCUT2D eigenvalue weighted by molar-refractivity contribution is 7.98. The zero-order valence-corrected chi connectivity index (χ0v) is 14.0. The summed E-state index contributed by atoms with van der Waals surface area (Å²) >= 11 is 1.89. The molecule has 0 radical (unpaired) electrons. The smallest absolute Gasteiger partial charge is 0.253 e. The van der Waals surface area contributed by atoms with Gasteiger partial charge in [-0.05, 0) is 37.3 Å². The highest BCUT2D eigenvalue weighted by Crippen LogP contribution is 2.13. The van der Waals surface area contributed by atoms with Crippen molar-refractivity contribution in [2.24, 2.45) is 0 Å². The van der Waals surface area contributed by atoms with Gasteiger partial charge in [-0.1, -0.05) is 19.8 Å². The van der Waals surface area contributed by atoms with Gasteiger partial charge in [-0.3, -0.25) is 9.78 Å². The third kappa shape index (κ3) is 7.37. The monoisotopic (exact) mass is 309 g/mol. The first-order valence-electron chi connectivity index (χ1n) is 7.74. The van der Waals surface area contributed by atoms with E-state index in [9.17, 15) is 4.79 Å². The number of pyridine rings is 1. The summed E-state index contributed by atoms with van der Waals surface area (Å²) in [7, 11) is 0. The maximum Gasteiger partial charge on any atom is 0.253 e. The highest BCUT2D eigenvalue weighted by Gasteiger charge is 2.10. The molecule has 118 valence electrons. The van der Waals surface area contributed by atoms with Crippen molar-refractivity contribution in [3.8, 4) is 0 Å². The van der Waals surface area contributed by atoms with E-state index in [1.807, 2.05) is 11.8 Å². The Kier molecular flexibility index (Phi) is 9.70. The number of carbonyl (C=O) groups excluding carboxylic acids is 1. The first-order valence-corrected chi connectivity index (χ1v) is 9.14. The Morgan fingerprint density at radius 3 is 2.81 bits per heavy atom. The third-order valence-electron chi connectivity index (χ3n) is 3.19. The summed E-state index contributed by atoms with van der Waals surface area (Å²) in [5, 5.41) is 6.24. The quantitative estimate of drug-likeness (QED) is 0.614. The molecule has 4 nitrogen and oxygen atoms in total. The molecule has 0 saturated heterocycles. The molecular formula is C16H27N3OS. The van der Waals surface area contributed by atoms with Crippen molar-refractivity contribution >= 4 is 23.4 Å². The SMILES string of the molecule is CCCNc1cnccc1C(=O)NCCCCCCSC. The number of carbonyl (C=O) groups is 1. The average molecular weight is 309 g/mol. The molecule has 1 aromatic rings. The molecule has 2 N–H and O–H groups in total. The van der Waals surface area contributed by atoms with Gasteiger partial charge in [0.1, 0.15) is 0 Å². The van der Waals surface area contributed by atoms with Crippen LogP contribution in [-0.2, 0) is 0 Å². The van der Waals surface area contributed by atoms with Gasteiger partial charge in [-0.2, -0.15) is 11.8 Å². The van der Waals surface area contributed by atoms with Crippen LogP contribution in [0.25, 0.3) is 0 Å². The van der Waals surface area contributed by atoms with Gasteiger partial charge in [0.15, 0.2) is 0 Å². The van der Waals surface area contributed by atoms with Crippen molar-refractivity contribution in [1.82, 2.24) is 10.3 Å². The zero-order valence-electron chi connectivity index (χ0n) is 13.2. The summed E-state index contributed by atoms with van der Waals surface area (Å²) in [5.74, 6) is 1.22. The minimum absolute atomic E-state index is 0.0138. The van der Waals surface area contributed by atoms with Crippen LogP contribution in [0.5, 0.6) is 0 Å². The Morgan fingerprint density at radius 2 is 2.05 bits per heavy atom. The van der Waals surface area contributed by atoms with E-state index in [4.69, 9.17) is 0 Å². The predicted molar refractivity (Wildman–Crippen MR) is 92.2 cm³/mol. The number of rotatable bonds is 11. The lowest BCUT2D eigenvalue weighted by molar-refractivity contribution is 0.0953. The van der Waals surface area contributed by atoms with Gasteiger partial charge in [0.2, 0.25) is 0 Å². The number of nitrogens with one attached hydrogen (secondary N) is 2. The van der Waals surface area contributed by atoms with E-state index >= 15 is 0 Å². The summed E-state index contributed by atoms with van der Waals surface area (Å²) in [6.07, 6.45) is 11.3. The zero-order chi connectivity index (χ0) is 15.3. The number of unbranched alkanes of at least 4 members (excludes halogenated alkanes) is 3. The third-order valence-corrected chi connectivity index (χ3v) is 3.89. The lowest BCUT2D eigenvalue weighted by Crippen LogP contribution is -2.25. The molecule has 0 aliphatic carbocycles. The molecule has 0 aromatic carbocycles. The fraction of sp³-hybridized carbons (Fsp3) is 0.625. The summed E-state index contributed by atoms with van der Waals surface area (Å²) in [4.78, 5) is 16.3. The van der Waals surface area contributed by atoms with Crippen LogP contribution < -0.4 is 10.6 Å². The molecule has 1 rings (SSSR count). The van der Waals surface area contributed by atoms with Crippen molar-refractivity contribution in [2.45, 2.75) is 39.0 Å². The fourth-order valence-corrected chi connectivity index (χ4v) is 2.51. The Morgan fingerprint density at radius 1 is 1.24 bits per heavy atom. The number of thioether (sulfide) groups is 1. The molecule has 0 atom stereocenters. The van der Waals surface area contributed by atoms with Crippen LogP contribution in [0.2, 0.25) is 0 Å². The molecular weight excluding hydrogens is 282 g/mol. The second-order valence-corrected chi connectivity index (χ2v) is 6.00. The van der Waals surface area contributed by atoms with Crippen LogP contribution in [0.15, 0.2) is 18.5 Å². The van der Waals surface area contributed by atoms with E-state index in [0.717, 1.165) is 31.6 Å². The van der Waals surface area contributed by atoms with Gasteiger partial charge in [-0.15, -0.1) is 0 Å². The molecule has 0 aliphatic heterocycles. The van der Waals surface area contributed by atoms with Crippen LogP contribution in [0.3, 0.4) is 0 Å². The summed E-state index contributed by atoms with van der Waals surface area (Å²) in [6, 6.07) is 1.77. The Labute approximate surface area is 132 Å². The van der Waals surface area contributed by atoms with E-state index < -0.39 is 0 Å². The van der Waals surface area contributed by atoms with Gasteiger partial charge in [-0.25, -0.2) is 0 Å². The maximum absolute atomic E-state index is 12.2. The topological polar surface area (TPSA) is 54.0 Å². The Bertz CT molecular complexity index is 412. The second-order valence-electron chi connectivity index (χ2n) is 5.01. The Balaban J connectivity index is 2.31. The molecule has 1 amide bonds. The molecule has 5 heteroatoms. The van der Waals surface area contributed by atoms with E-state index in [1.54, 1.807) is 18.5 Å². The van der Waals surface area contributed by atoms with Gasteiger partial charge in [0, 0.05) is 19.3 Å². The minimum Gasteiger partial charge on any atom is -0.383 e. The summed E-state index contributed by atoms with van der Waals surface area (Å²) in [6.45, 7) is 3.69. The van der Waals surface area contributed by atoms with Crippen molar-refractivity contribution < 1.29 is 4.79 Å². The normalized spacial score (nSPS) is 10.4. The number of anilines is 1. The van der Waals surface area contributed by atoms with E-state index in [1.165, 1.54) is 25.0 Å². The molecule has 1 aromatic heterocycles. The Hall–Kier alpha value is -1.23. The maximum atomic E-state index is 12.2. The van der Waals surface area contributed by atoms with Crippen LogP contribution in [0.4, 0.5) is 5.69 Å². The molecule has 0 spiro atoms. The molecule has 1 heterocycles. The van der Waals surface area contributed by atoms with Crippen molar-refractivity contribution in [2.75, 3.05) is 30.4 Å². The number of amides is 1. The lowest BCUT2D eigenvalue weighted by atomic mass is 10.2. The molecule has 0 unspecified atom stereocenters. The van der Waals surface area contributed by atoms with Gasteiger partial charge >= 0.3 is 0 Å². The number of hydrogen-bond donors (Lipinski definition) is 2. The van der Waals surface area contributed by atoms with Crippen molar-refractivity contribution in [3.05, 3.63) is 24.0 Å². The second kappa shape index (κ2) is 11.4. The van der Waals surface area contributed by atoms with Gasteiger partial charge < -0.3 is 10.6 Å². The number of nitrogens with zero attached hydrogens (tertiary/aromatic N) is 1. The minimum atomic E-state index is -0.0138. The highest BCUT2D eigenvalue weighted by atomic mass is 32.2. The van der Waals surface area contributed by atoms with Crippen molar-refractivity contribution in [3.63, 3.8) is 0 Å². The van der Waals surface area contributed by atoms with E-state index in [-0.39, 0.29) is 5.91 Å². The molecule has 0 fully saturated rings. The molecule has 0 bridgehead atoms. The molecule has 0 aliphatic rings. The lowest BCUT2D eigenvalue weighted by Gasteiger charge is -2.11. The van der Waals surface area contributed by atoms with E-state index in [2.05, 4.69) is 28.8 Å². The van der Waals surface area contributed by atoms with Crippen LogP contribution >= 0.6 is 11.8 Å².